The summed E-state index contributed by atoms with van der Waals surface area (Å²) in [6.07, 6.45) is 7.68. The number of benzene rings is 1. The SMILES string of the molecule is O=C(c1cc(F)cc2c1CCNC2)N1CCC(c2cnccn2)CC1. The number of carbonyl (C=O) groups excluding carboxylic acids is 1. The monoisotopic (exact) mass is 340 g/mol. The maximum Gasteiger partial charge on any atom is 0.254 e. The van der Waals surface area contributed by atoms with E-state index in [0.717, 1.165) is 42.6 Å². The van der Waals surface area contributed by atoms with Crippen LogP contribution in [0.25, 0.3) is 0 Å². The van der Waals surface area contributed by atoms with E-state index in [0.29, 0.717) is 31.1 Å². The quantitative estimate of drug-likeness (QED) is 0.911. The molecule has 1 N–H and O–H groups in total. The van der Waals surface area contributed by atoms with E-state index in [-0.39, 0.29) is 11.7 Å². The Hall–Kier alpha value is -2.34. The highest BCUT2D eigenvalue weighted by Gasteiger charge is 2.28. The molecule has 2 aliphatic heterocycles. The molecule has 2 aliphatic rings. The molecule has 5 nitrogen and oxygen atoms in total. The van der Waals surface area contributed by atoms with Gasteiger partial charge in [0.15, 0.2) is 0 Å². The molecule has 4 rings (SSSR count). The predicted molar refractivity (Wildman–Crippen MR) is 91.7 cm³/mol. The molecule has 0 spiro atoms. The van der Waals surface area contributed by atoms with Gasteiger partial charge in [0.2, 0.25) is 0 Å². The first-order valence-electron chi connectivity index (χ1n) is 8.79. The highest BCUT2D eigenvalue weighted by atomic mass is 19.1. The number of amides is 1. The zero-order valence-corrected chi connectivity index (χ0v) is 14.0. The topological polar surface area (TPSA) is 58.1 Å². The first kappa shape index (κ1) is 16.1. The number of fused-ring (bicyclic) bond motifs is 1. The van der Waals surface area contributed by atoms with Gasteiger partial charge in [0, 0.05) is 49.7 Å². The van der Waals surface area contributed by atoms with E-state index in [2.05, 4.69) is 15.3 Å². The van der Waals surface area contributed by atoms with Crippen LogP contribution in [0.5, 0.6) is 0 Å². The van der Waals surface area contributed by atoms with Crippen molar-refractivity contribution < 1.29 is 9.18 Å². The van der Waals surface area contributed by atoms with E-state index >= 15 is 0 Å². The van der Waals surface area contributed by atoms with Gasteiger partial charge < -0.3 is 10.2 Å². The normalized spacial score (nSPS) is 18.0. The van der Waals surface area contributed by atoms with Crippen LogP contribution in [-0.4, -0.2) is 40.4 Å². The number of nitrogens with one attached hydrogen (secondary N) is 1. The van der Waals surface area contributed by atoms with Crippen molar-refractivity contribution in [1.29, 1.82) is 0 Å². The Bertz CT molecular complexity index is 772. The van der Waals surface area contributed by atoms with Crippen molar-refractivity contribution in [3.05, 3.63) is 58.9 Å². The molecular formula is C19H21FN4O. The smallest absolute Gasteiger partial charge is 0.254 e. The third-order valence-corrected chi connectivity index (χ3v) is 5.19. The summed E-state index contributed by atoms with van der Waals surface area (Å²) in [6.45, 7) is 2.79. The number of hydrogen-bond donors (Lipinski definition) is 1. The van der Waals surface area contributed by atoms with Gasteiger partial charge in [-0.25, -0.2) is 4.39 Å². The standard InChI is InChI=1S/C19H21FN4O/c20-15-9-14-11-21-4-1-16(14)17(10-15)19(25)24-7-2-13(3-8-24)18-12-22-5-6-23-18/h5-6,9-10,12-13,21H,1-4,7-8,11H2. The number of rotatable bonds is 2. The molecule has 25 heavy (non-hydrogen) atoms. The molecule has 6 heteroatoms. The summed E-state index contributed by atoms with van der Waals surface area (Å²) in [7, 11) is 0. The lowest BCUT2D eigenvalue weighted by Crippen LogP contribution is -2.39. The molecule has 1 aromatic carbocycles. The van der Waals surface area contributed by atoms with Gasteiger partial charge in [-0.2, -0.15) is 0 Å². The molecule has 0 unspecified atom stereocenters. The van der Waals surface area contributed by atoms with Gasteiger partial charge in [-0.05, 0) is 49.1 Å². The fourth-order valence-electron chi connectivity index (χ4n) is 3.84. The second kappa shape index (κ2) is 6.88. The van der Waals surface area contributed by atoms with E-state index in [1.807, 2.05) is 4.90 Å². The molecule has 0 atom stereocenters. The Labute approximate surface area is 146 Å². The van der Waals surface area contributed by atoms with Crippen LogP contribution in [0.4, 0.5) is 4.39 Å². The van der Waals surface area contributed by atoms with Crippen molar-refractivity contribution in [1.82, 2.24) is 20.2 Å². The van der Waals surface area contributed by atoms with Gasteiger partial charge in [-0.15, -0.1) is 0 Å². The third kappa shape index (κ3) is 3.26. The Kier molecular flexibility index (Phi) is 4.44. The van der Waals surface area contributed by atoms with Crippen molar-refractivity contribution in [2.24, 2.45) is 0 Å². The van der Waals surface area contributed by atoms with Gasteiger partial charge in [0.25, 0.3) is 5.91 Å². The van der Waals surface area contributed by atoms with Crippen LogP contribution in [0.15, 0.2) is 30.7 Å². The molecule has 2 aromatic rings. The molecule has 130 valence electrons. The number of halogens is 1. The Morgan fingerprint density at radius 3 is 2.84 bits per heavy atom. The first-order valence-corrected chi connectivity index (χ1v) is 8.79. The fraction of sp³-hybridized carbons (Fsp3) is 0.421. The molecule has 0 saturated carbocycles. The average molecular weight is 340 g/mol. The summed E-state index contributed by atoms with van der Waals surface area (Å²) in [5, 5.41) is 3.23. The molecule has 1 fully saturated rings. The Morgan fingerprint density at radius 2 is 2.08 bits per heavy atom. The molecule has 1 saturated heterocycles. The van der Waals surface area contributed by atoms with Gasteiger partial charge in [0.05, 0.1) is 5.69 Å². The Morgan fingerprint density at radius 1 is 1.24 bits per heavy atom. The number of aromatic nitrogens is 2. The number of piperidine rings is 1. The number of likely N-dealkylation sites (tertiary alicyclic amines) is 1. The van der Waals surface area contributed by atoms with Crippen LogP contribution < -0.4 is 5.32 Å². The first-order chi connectivity index (χ1) is 12.2. The second-order valence-corrected chi connectivity index (χ2v) is 6.71. The molecule has 0 aliphatic carbocycles. The van der Waals surface area contributed by atoms with Crippen LogP contribution in [0, 0.1) is 5.82 Å². The summed E-state index contributed by atoms with van der Waals surface area (Å²) >= 11 is 0. The van der Waals surface area contributed by atoms with E-state index in [1.165, 1.54) is 6.07 Å². The molecule has 0 radical (unpaired) electrons. The van der Waals surface area contributed by atoms with Gasteiger partial charge in [-0.1, -0.05) is 0 Å². The van der Waals surface area contributed by atoms with E-state index in [1.54, 1.807) is 24.7 Å². The fourth-order valence-corrected chi connectivity index (χ4v) is 3.84. The van der Waals surface area contributed by atoms with Crippen molar-refractivity contribution in [3.8, 4) is 0 Å². The van der Waals surface area contributed by atoms with E-state index in [9.17, 15) is 9.18 Å². The number of nitrogens with zero attached hydrogens (tertiary/aromatic N) is 3. The average Bonchev–Trinajstić information content (AvgIpc) is 2.67. The maximum absolute atomic E-state index is 14.0. The van der Waals surface area contributed by atoms with E-state index < -0.39 is 0 Å². The molecule has 1 aromatic heterocycles. The van der Waals surface area contributed by atoms with Crippen molar-refractivity contribution >= 4 is 5.91 Å². The summed E-state index contributed by atoms with van der Waals surface area (Å²) in [6, 6.07) is 2.94. The highest BCUT2D eigenvalue weighted by molar-refractivity contribution is 5.96. The maximum atomic E-state index is 14.0. The lowest BCUT2D eigenvalue weighted by atomic mass is 9.91. The zero-order valence-electron chi connectivity index (χ0n) is 14.0. The zero-order chi connectivity index (χ0) is 17.2. The molecular weight excluding hydrogens is 319 g/mol. The van der Waals surface area contributed by atoms with Gasteiger partial charge in [-0.3, -0.25) is 14.8 Å². The van der Waals surface area contributed by atoms with Crippen molar-refractivity contribution in [3.63, 3.8) is 0 Å². The summed E-state index contributed by atoms with van der Waals surface area (Å²) in [4.78, 5) is 23.3. The number of carbonyl (C=O) groups is 1. The van der Waals surface area contributed by atoms with Crippen LogP contribution in [0.3, 0.4) is 0 Å². The minimum atomic E-state index is -0.333. The van der Waals surface area contributed by atoms with E-state index in [4.69, 9.17) is 0 Å². The summed E-state index contributed by atoms with van der Waals surface area (Å²) in [5.41, 5.74) is 3.43. The molecule has 0 bridgehead atoms. The van der Waals surface area contributed by atoms with Crippen molar-refractivity contribution in [2.75, 3.05) is 19.6 Å². The minimum absolute atomic E-state index is 0.0461. The summed E-state index contributed by atoms with van der Waals surface area (Å²) in [5.74, 6) is -0.0427. The Balaban J connectivity index is 1.50. The summed E-state index contributed by atoms with van der Waals surface area (Å²) < 4.78 is 14.0. The van der Waals surface area contributed by atoms with Crippen LogP contribution >= 0.6 is 0 Å². The molecule has 1 amide bonds. The third-order valence-electron chi connectivity index (χ3n) is 5.19. The predicted octanol–water partition coefficient (Wildman–Crippen LogP) is 2.28. The molecule has 3 heterocycles. The lowest BCUT2D eigenvalue weighted by molar-refractivity contribution is 0.0710. The lowest BCUT2D eigenvalue weighted by Gasteiger charge is -2.32. The van der Waals surface area contributed by atoms with Crippen LogP contribution in [-0.2, 0) is 13.0 Å². The van der Waals surface area contributed by atoms with Crippen LogP contribution in [0.1, 0.15) is 45.9 Å². The minimum Gasteiger partial charge on any atom is -0.339 e. The second-order valence-electron chi connectivity index (χ2n) is 6.71. The van der Waals surface area contributed by atoms with Gasteiger partial charge >= 0.3 is 0 Å². The highest BCUT2D eigenvalue weighted by Crippen LogP contribution is 2.28. The largest absolute Gasteiger partial charge is 0.339 e. The number of hydrogen-bond acceptors (Lipinski definition) is 4. The van der Waals surface area contributed by atoms with Crippen LogP contribution in [0.2, 0.25) is 0 Å². The van der Waals surface area contributed by atoms with Crippen molar-refractivity contribution in [2.45, 2.75) is 31.7 Å². The van der Waals surface area contributed by atoms with Gasteiger partial charge in [0.1, 0.15) is 5.82 Å².